The Morgan fingerprint density at radius 3 is 2.76 bits per heavy atom. The van der Waals surface area contributed by atoms with Gasteiger partial charge in [-0.3, -0.25) is 4.79 Å². The zero-order valence-corrected chi connectivity index (χ0v) is 11.9. The minimum absolute atomic E-state index is 0.126. The van der Waals surface area contributed by atoms with Gasteiger partial charge in [-0.25, -0.2) is 0 Å². The molecule has 0 aliphatic carbocycles. The second-order valence-corrected chi connectivity index (χ2v) is 4.79. The quantitative estimate of drug-likeness (QED) is 0.809. The van der Waals surface area contributed by atoms with Crippen molar-refractivity contribution in [2.45, 2.75) is 6.10 Å². The molecule has 0 N–H and O–H groups in total. The second-order valence-electron chi connectivity index (χ2n) is 4.79. The SMILES string of the molecule is COCC1O[CH-]N(c2ccc3ccc(OC)cc3c2)C1=O. The van der Waals surface area contributed by atoms with Crippen molar-refractivity contribution in [3.63, 3.8) is 0 Å². The number of hydrogen-bond acceptors (Lipinski definition) is 4. The fourth-order valence-electron chi connectivity index (χ4n) is 2.34. The molecule has 2 aromatic rings. The molecule has 2 aromatic carbocycles. The highest BCUT2D eigenvalue weighted by molar-refractivity contribution is 6.01. The largest absolute Gasteiger partial charge is 0.520 e. The lowest BCUT2D eigenvalue weighted by Crippen LogP contribution is -2.30. The predicted molar refractivity (Wildman–Crippen MR) is 79.0 cm³/mol. The van der Waals surface area contributed by atoms with Crippen molar-refractivity contribution in [2.75, 3.05) is 25.7 Å². The summed E-state index contributed by atoms with van der Waals surface area (Å²) < 4.78 is 15.5. The Morgan fingerprint density at radius 1 is 1.19 bits per heavy atom. The van der Waals surface area contributed by atoms with Crippen LogP contribution in [0.4, 0.5) is 5.69 Å². The summed E-state index contributed by atoms with van der Waals surface area (Å²) in [5.41, 5.74) is 0.763. The van der Waals surface area contributed by atoms with E-state index in [1.807, 2.05) is 36.4 Å². The number of nitrogens with zero attached hydrogens (tertiary/aromatic N) is 1. The van der Waals surface area contributed by atoms with Crippen LogP contribution in [0.3, 0.4) is 0 Å². The zero-order valence-electron chi connectivity index (χ0n) is 11.9. The fourth-order valence-corrected chi connectivity index (χ4v) is 2.34. The van der Waals surface area contributed by atoms with Crippen molar-refractivity contribution in [2.24, 2.45) is 0 Å². The van der Waals surface area contributed by atoms with Crippen molar-refractivity contribution in [1.29, 1.82) is 0 Å². The number of benzene rings is 2. The number of amides is 1. The molecule has 1 heterocycles. The Labute approximate surface area is 123 Å². The third kappa shape index (κ3) is 2.57. The summed E-state index contributed by atoms with van der Waals surface area (Å²) in [6, 6.07) is 11.6. The second kappa shape index (κ2) is 5.71. The summed E-state index contributed by atoms with van der Waals surface area (Å²) in [7, 11) is 3.17. The van der Waals surface area contributed by atoms with E-state index in [0.29, 0.717) is 0 Å². The van der Waals surface area contributed by atoms with Gasteiger partial charge >= 0.3 is 0 Å². The van der Waals surface area contributed by atoms with Crippen LogP contribution in [0.2, 0.25) is 0 Å². The Bertz CT molecular complexity index is 670. The first-order valence-corrected chi connectivity index (χ1v) is 6.61. The predicted octanol–water partition coefficient (Wildman–Crippen LogP) is 2.35. The Hall–Kier alpha value is -2.11. The summed E-state index contributed by atoms with van der Waals surface area (Å²) >= 11 is 0. The fraction of sp³-hybridized carbons (Fsp3) is 0.250. The maximum Gasteiger partial charge on any atom is 0.228 e. The van der Waals surface area contributed by atoms with E-state index < -0.39 is 6.10 Å². The Kier molecular flexibility index (Phi) is 3.77. The van der Waals surface area contributed by atoms with Crippen molar-refractivity contribution in [1.82, 2.24) is 0 Å². The smallest absolute Gasteiger partial charge is 0.228 e. The molecule has 1 unspecified atom stereocenters. The number of rotatable bonds is 4. The van der Waals surface area contributed by atoms with Crippen LogP contribution in [-0.4, -0.2) is 32.8 Å². The molecular weight excluding hydrogens is 270 g/mol. The highest BCUT2D eigenvalue weighted by atomic mass is 16.6. The average Bonchev–Trinajstić information content (AvgIpc) is 2.88. The van der Waals surface area contributed by atoms with Crippen LogP contribution < -0.4 is 9.64 Å². The number of carbonyl (C=O) groups is 1. The zero-order chi connectivity index (χ0) is 14.8. The highest BCUT2D eigenvalue weighted by Gasteiger charge is 2.25. The molecule has 1 atom stereocenters. The van der Waals surface area contributed by atoms with Gasteiger partial charge in [-0.05, 0) is 35.0 Å². The summed E-state index contributed by atoms with van der Waals surface area (Å²) in [5, 5.41) is 2.09. The lowest BCUT2D eigenvalue weighted by molar-refractivity contribution is -0.124. The van der Waals surface area contributed by atoms with Crippen LogP contribution in [-0.2, 0) is 14.3 Å². The molecule has 5 nitrogen and oxygen atoms in total. The summed E-state index contributed by atoms with van der Waals surface area (Å²) in [6.07, 6.45) is -0.573. The molecule has 0 aromatic heterocycles. The summed E-state index contributed by atoms with van der Waals surface area (Å²) in [4.78, 5) is 13.7. The molecule has 1 fully saturated rings. The molecule has 110 valence electrons. The third-order valence-electron chi connectivity index (χ3n) is 3.47. The minimum atomic E-state index is -0.573. The van der Waals surface area contributed by atoms with E-state index >= 15 is 0 Å². The van der Waals surface area contributed by atoms with E-state index in [4.69, 9.17) is 14.2 Å². The van der Waals surface area contributed by atoms with Gasteiger partial charge < -0.3 is 19.1 Å². The molecule has 1 saturated heterocycles. The average molecular weight is 286 g/mol. The topological polar surface area (TPSA) is 48.0 Å². The van der Waals surface area contributed by atoms with Gasteiger partial charge in [-0.2, -0.15) is 0 Å². The van der Waals surface area contributed by atoms with Crippen LogP contribution in [0.1, 0.15) is 0 Å². The normalized spacial score (nSPS) is 18.5. The molecule has 5 heteroatoms. The van der Waals surface area contributed by atoms with E-state index in [1.54, 1.807) is 14.2 Å². The van der Waals surface area contributed by atoms with E-state index in [-0.39, 0.29) is 12.5 Å². The molecule has 0 saturated carbocycles. The molecule has 0 spiro atoms. The third-order valence-corrected chi connectivity index (χ3v) is 3.47. The van der Waals surface area contributed by atoms with Gasteiger partial charge in [-0.15, -0.1) is 6.73 Å². The monoisotopic (exact) mass is 286 g/mol. The van der Waals surface area contributed by atoms with Crippen LogP contribution >= 0.6 is 0 Å². The van der Waals surface area contributed by atoms with Crippen LogP contribution in [0.25, 0.3) is 10.8 Å². The van der Waals surface area contributed by atoms with E-state index in [9.17, 15) is 4.79 Å². The molecule has 1 aliphatic heterocycles. The van der Waals surface area contributed by atoms with Gasteiger partial charge in [0.25, 0.3) is 0 Å². The van der Waals surface area contributed by atoms with E-state index in [1.165, 1.54) is 11.6 Å². The van der Waals surface area contributed by atoms with Crippen molar-refractivity contribution < 1.29 is 19.0 Å². The first-order valence-electron chi connectivity index (χ1n) is 6.61. The number of fused-ring (bicyclic) bond motifs is 1. The van der Waals surface area contributed by atoms with E-state index in [2.05, 4.69) is 0 Å². The van der Waals surface area contributed by atoms with Gasteiger partial charge in [0.2, 0.25) is 5.91 Å². The first-order chi connectivity index (χ1) is 10.2. The minimum Gasteiger partial charge on any atom is -0.520 e. The van der Waals surface area contributed by atoms with Gasteiger partial charge in [0, 0.05) is 12.8 Å². The van der Waals surface area contributed by atoms with Crippen LogP contribution in [0.15, 0.2) is 36.4 Å². The van der Waals surface area contributed by atoms with Crippen LogP contribution in [0.5, 0.6) is 5.75 Å². The Morgan fingerprint density at radius 2 is 2.00 bits per heavy atom. The molecule has 3 rings (SSSR count). The molecule has 1 aliphatic rings. The van der Waals surface area contributed by atoms with Gasteiger partial charge in [0.15, 0.2) is 0 Å². The van der Waals surface area contributed by atoms with Gasteiger partial charge in [0.05, 0.1) is 13.7 Å². The molecule has 21 heavy (non-hydrogen) atoms. The van der Waals surface area contributed by atoms with Crippen molar-refractivity contribution in [3.8, 4) is 5.75 Å². The highest BCUT2D eigenvalue weighted by Crippen LogP contribution is 2.29. The Balaban J connectivity index is 1.92. The number of methoxy groups -OCH3 is 2. The maximum atomic E-state index is 12.2. The lowest BCUT2D eigenvalue weighted by atomic mass is 10.1. The standard InChI is InChI=1S/C16H16NO4/c1-19-9-15-16(18)17(10-21-15)13-5-3-11-4-6-14(20-2)8-12(11)7-13/h3-8,10,15H,9H2,1-2H3/q-1. The molecular formula is C16H16NO4-. The summed E-state index contributed by atoms with van der Waals surface area (Å²) in [5.74, 6) is 0.656. The molecule has 0 bridgehead atoms. The number of anilines is 1. The van der Waals surface area contributed by atoms with Crippen LogP contribution in [0, 0.1) is 6.73 Å². The maximum absolute atomic E-state index is 12.2. The molecule has 0 radical (unpaired) electrons. The summed E-state index contributed by atoms with van der Waals surface area (Å²) in [6.45, 7) is 1.68. The van der Waals surface area contributed by atoms with Crippen molar-refractivity contribution in [3.05, 3.63) is 43.1 Å². The lowest BCUT2D eigenvalue weighted by Gasteiger charge is -2.24. The molecule has 1 amide bonds. The first kappa shape index (κ1) is 13.9. The number of hydrogen-bond donors (Lipinski definition) is 0. The number of ether oxygens (including phenoxy) is 3. The number of carbonyl (C=O) groups excluding carboxylic acids is 1. The van der Waals surface area contributed by atoms with Gasteiger partial charge in [0.1, 0.15) is 11.9 Å². The van der Waals surface area contributed by atoms with Crippen molar-refractivity contribution >= 4 is 22.4 Å². The van der Waals surface area contributed by atoms with Gasteiger partial charge in [-0.1, -0.05) is 12.1 Å². The van der Waals surface area contributed by atoms with E-state index in [0.717, 1.165) is 22.2 Å².